The zero-order chi connectivity index (χ0) is 9.68. The summed E-state index contributed by atoms with van der Waals surface area (Å²) < 4.78 is 0. The van der Waals surface area contributed by atoms with Crippen molar-refractivity contribution in [3.63, 3.8) is 0 Å². The van der Waals surface area contributed by atoms with Crippen molar-refractivity contribution < 1.29 is 5.21 Å². The summed E-state index contributed by atoms with van der Waals surface area (Å²) in [6, 6.07) is 0.722. The summed E-state index contributed by atoms with van der Waals surface area (Å²) in [6.07, 6.45) is 4.32. The van der Waals surface area contributed by atoms with E-state index in [1.807, 2.05) is 0 Å². The number of hydrogen-bond acceptors (Lipinski definition) is 3. The second-order valence-corrected chi connectivity index (χ2v) is 3.67. The Labute approximate surface area is 80.4 Å². The molecule has 1 fully saturated rings. The molecule has 0 radical (unpaired) electrons. The van der Waals surface area contributed by atoms with Crippen LogP contribution in [0, 0.1) is 0 Å². The molecule has 1 rings (SSSR count). The highest BCUT2D eigenvalue weighted by atomic mass is 16.4. The van der Waals surface area contributed by atoms with Crippen molar-refractivity contribution in [3.05, 3.63) is 0 Å². The average molecular weight is 184 g/mol. The predicted molar refractivity (Wildman–Crippen MR) is 54.4 cm³/mol. The van der Waals surface area contributed by atoms with E-state index in [9.17, 15) is 0 Å². The molecule has 1 heterocycles. The van der Waals surface area contributed by atoms with Crippen molar-refractivity contribution in [2.24, 2.45) is 5.16 Å². The highest BCUT2D eigenvalue weighted by Gasteiger charge is 2.20. The third-order valence-electron chi connectivity index (χ3n) is 2.98. The lowest BCUT2D eigenvalue weighted by Gasteiger charge is -2.33. The van der Waals surface area contributed by atoms with E-state index in [4.69, 9.17) is 5.21 Å². The van der Waals surface area contributed by atoms with E-state index in [0.29, 0.717) is 0 Å². The van der Waals surface area contributed by atoms with Crippen molar-refractivity contribution in [3.8, 4) is 0 Å². The van der Waals surface area contributed by atoms with Crippen molar-refractivity contribution in [1.29, 1.82) is 0 Å². The maximum Gasteiger partial charge on any atom is 0.0596 e. The zero-order valence-corrected chi connectivity index (χ0v) is 8.66. The van der Waals surface area contributed by atoms with Crippen LogP contribution >= 0.6 is 0 Å². The molecule has 0 bridgehead atoms. The van der Waals surface area contributed by atoms with E-state index >= 15 is 0 Å². The summed E-state index contributed by atoms with van der Waals surface area (Å²) in [6.45, 7) is 6.60. The average Bonchev–Trinajstić information content (AvgIpc) is 2.21. The third-order valence-corrected chi connectivity index (χ3v) is 2.98. The van der Waals surface area contributed by atoms with Gasteiger partial charge in [-0.1, -0.05) is 19.0 Å². The number of piperidine rings is 1. The first-order valence-corrected chi connectivity index (χ1v) is 5.25. The van der Waals surface area contributed by atoms with Gasteiger partial charge in [0.2, 0.25) is 0 Å². The summed E-state index contributed by atoms with van der Waals surface area (Å²) in [7, 11) is 0. The molecular formula is C10H20N2O. The molecule has 1 N–H and O–H groups in total. The van der Waals surface area contributed by atoms with Gasteiger partial charge < -0.3 is 5.21 Å². The number of likely N-dealkylation sites (tertiary alicyclic amines) is 1. The molecule has 0 aromatic heterocycles. The maximum atomic E-state index is 8.60. The lowest BCUT2D eigenvalue weighted by atomic mass is 10.0. The highest BCUT2D eigenvalue weighted by Crippen LogP contribution is 2.14. The van der Waals surface area contributed by atoms with Gasteiger partial charge in [0.25, 0.3) is 0 Å². The summed E-state index contributed by atoms with van der Waals surface area (Å²) >= 11 is 0. The lowest BCUT2D eigenvalue weighted by Crippen LogP contribution is -2.41. The Bertz CT molecular complexity index is 166. The van der Waals surface area contributed by atoms with E-state index in [0.717, 1.165) is 37.7 Å². The van der Waals surface area contributed by atoms with Gasteiger partial charge in [0, 0.05) is 32.0 Å². The van der Waals surface area contributed by atoms with Gasteiger partial charge >= 0.3 is 0 Å². The Hall–Kier alpha value is -0.570. The van der Waals surface area contributed by atoms with Crippen LogP contribution in [0.5, 0.6) is 0 Å². The molecule has 1 saturated heterocycles. The molecule has 3 heteroatoms. The Kier molecular flexibility index (Phi) is 4.22. The Morgan fingerprint density at radius 3 is 2.23 bits per heavy atom. The Morgan fingerprint density at radius 1 is 1.31 bits per heavy atom. The number of hydrogen-bond donors (Lipinski definition) is 1. The minimum atomic E-state index is 0.722. The largest absolute Gasteiger partial charge is 0.411 e. The summed E-state index contributed by atoms with van der Waals surface area (Å²) in [5.41, 5.74) is 0.960. The Morgan fingerprint density at radius 2 is 1.85 bits per heavy atom. The van der Waals surface area contributed by atoms with Crippen LogP contribution in [-0.2, 0) is 0 Å². The van der Waals surface area contributed by atoms with Crippen LogP contribution in [0.15, 0.2) is 5.16 Å². The molecule has 0 aromatic rings. The minimum Gasteiger partial charge on any atom is -0.411 e. The lowest BCUT2D eigenvalue weighted by molar-refractivity contribution is 0.183. The quantitative estimate of drug-likeness (QED) is 0.538. The fraction of sp³-hybridized carbons (Fsp3) is 0.900. The van der Waals surface area contributed by atoms with Gasteiger partial charge in [-0.2, -0.15) is 0 Å². The van der Waals surface area contributed by atoms with Crippen molar-refractivity contribution in [2.75, 3.05) is 13.1 Å². The molecule has 1 aliphatic rings. The topological polar surface area (TPSA) is 35.8 Å². The molecule has 0 atom stereocenters. The van der Waals surface area contributed by atoms with Crippen molar-refractivity contribution in [1.82, 2.24) is 4.90 Å². The molecule has 76 valence electrons. The van der Waals surface area contributed by atoms with Gasteiger partial charge in [0.05, 0.1) is 5.71 Å². The van der Waals surface area contributed by atoms with E-state index in [-0.39, 0.29) is 0 Å². The number of oxime groups is 1. The van der Waals surface area contributed by atoms with Crippen LogP contribution in [0.25, 0.3) is 0 Å². The number of nitrogens with zero attached hydrogens (tertiary/aromatic N) is 2. The fourth-order valence-corrected chi connectivity index (χ4v) is 2.05. The van der Waals surface area contributed by atoms with Crippen LogP contribution in [0.3, 0.4) is 0 Å². The molecule has 0 unspecified atom stereocenters. The molecular weight excluding hydrogens is 164 g/mol. The second kappa shape index (κ2) is 5.22. The maximum absolute atomic E-state index is 8.60. The summed E-state index contributed by atoms with van der Waals surface area (Å²) in [4.78, 5) is 2.51. The monoisotopic (exact) mass is 184 g/mol. The first-order valence-electron chi connectivity index (χ1n) is 5.25. The van der Waals surface area contributed by atoms with Gasteiger partial charge in [-0.25, -0.2) is 0 Å². The first kappa shape index (κ1) is 10.5. The van der Waals surface area contributed by atoms with Crippen LogP contribution in [0.4, 0.5) is 0 Å². The summed E-state index contributed by atoms with van der Waals surface area (Å²) in [5, 5.41) is 11.9. The Balaban J connectivity index is 2.39. The SMILES string of the molecule is CCC(CC)N1CCC(=NO)CC1. The molecule has 0 aliphatic carbocycles. The van der Waals surface area contributed by atoms with Gasteiger partial charge in [0.1, 0.15) is 0 Å². The van der Waals surface area contributed by atoms with Crippen LogP contribution in [0.1, 0.15) is 39.5 Å². The van der Waals surface area contributed by atoms with Crippen molar-refractivity contribution >= 4 is 5.71 Å². The van der Waals surface area contributed by atoms with Crippen molar-refractivity contribution in [2.45, 2.75) is 45.6 Å². The third kappa shape index (κ3) is 2.69. The van der Waals surface area contributed by atoms with Gasteiger partial charge in [-0.05, 0) is 12.8 Å². The predicted octanol–water partition coefficient (Wildman–Crippen LogP) is 2.10. The van der Waals surface area contributed by atoms with Gasteiger partial charge in [-0.15, -0.1) is 0 Å². The standard InChI is InChI=1S/C10H20N2O/c1-3-10(4-2)12-7-5-9(11-13)6-8-12/h10,13H,3-8H2,1-2H3. The molecule has 1 aliphatic heterocycles. The van der Waals surface area contributed by atoms with E-state index < -0.39 is 0 Å². The molecule has 0 aromatic carbocycles. The molecule has 0 amide bonds. The highest BCUT2D eigenvalue weighted by molar-refractivity contribution is 5.84. The molecule has 3 nitrogen and oxygen atoms in total. The van der Waals surface area contributed by atoms with Crippen LogP contribution in [0.2, 0.25) is 0 Å². The van der Waals surface area contributed by atoms with E-state index in [1.165, 1.54) is 12.8 Å². The second-order valence-electron chi connectivity index (χ2n) is 3.67. The van der Waals surface area contributed by atoms with E-state index in [1.54, 1.807) is 0 Å². The normalized spacial score (nSPS) is 19.5. The van der Waals surface area contributed by atoms with Gasteiger partial charge in [-0.3, -0.25) is 4.90 Å². The molecule has 13 heavy (non-hydrogen) atoms. The van der Waals surface area contributed by atoms with Crippen LogP contribution in [-0.4, -0.2) is 35.0 Å². The first-order chi connectivity index (χ1) is 6.31. The van der Waals surface area contributed by atoms with E-state index in [2.05, 4.69) is 23.9 Å². The van der Waals surface area contributed by atoms with Gasteiger partial charge in [0.15, 0.2) is 0 Å². The molecule has 0 spiro atoms. The smallest absolute Gasteiger partial charge is 0.0596 e. The summed E-state index contributed by atoms with van der Waals surface area (Å²) in [5.74, 6) is 0. The minimum absolute atomic E-state index is 0.722. The molecule has 0 saturated carbocycles. The zero-order valence-electron chi connectivity index (χ0n) is 8.66. The number of rotatable bonds is 3. The fourth-order valence-electron chi connectivity index (χ4n) is 2.05. The van der Waals surface area contributed by atoms with Crippen LogP contribution < -0.4 is 0 Å².